The van der Waals surface area contributed by atoms with Gasteiger partial charge in [0.1, 0.15) is 0 Å². The molecule has 0 atom stereocenters. The Balaban J connectivity index is 2.22. The third kappa shape index (κ3) is 3.56. The van der Waals surface area contributed by atoms with Gasteiger partial charge in [-0.2, -0.15) is 0 Å². The smallest absolute Gasteiger partial charge is 0.255 e. The predicted octanol–water partition coefficient (Wildman–Crippen LogP) is 4.62. The number of nitrogens with zero attached hydrogens (tertiary/aromatic N) is 1. The Morgan fingerprint density at radius 1 is 1.26 bits per heavy atom. The third-order valence-corrected chi connectivity index (χ3v) is 4.23. The fourth-order valence-electron chi connectivity index (χ4n) is 2.57. The second kappa shape index (κ2) is 6.83. The molecule has 1 aliphatic carbocycles. The van der Waals surface area contributed by atoms with Gasteiger partial charge in [-0.3, -0.25) is 4.79 Å². The van der Waals surface area contributed by atoms with Crippen molar-refractivity contribution in [3.8, 4) is 0 Å². The van der Waals surface area contributed by atoms with E-state index < -0.39 is 0 Å². The highest BCUT2D eigenvalue weighted by atomic mass is 35.5. The first-order valence-corrected chi connectivity index (χ1v) is 7.74. The van der Waals surface area contributed by atoms with E-state index >= 15 is 0 Å². The van der Waals surface area contributed by atoms with E-state index in [1.807, 2.05) is 4.90 Å². The van der Waals surface area contributed by atoms with E-state index in [4.69, 9.17) is 34.8 Å². The number of amides is 1. The summed E-state index contributed by atoms with van der Waals surface area (Å²) in [5, 5.41) is 0.932. The summed E-state index contributed by atoms with van der Waals surface area (Å²) in [6.07, 6.45) is 4.44. The molecule has 1 fully saturated rings. The Bertz CT molecular complexity index is 458. The summed E-state index contributed by atoms with van der Waals surface area (Å²) < 4.78 is 0. The van der Waals surface area contributed by atoms with E-state index in [-0.39, 0.29) is 11.9 Å². The fraction of sp³-hybridized carbons (Fsp3) is 0.500. The molecule has 0 bridgehead atoms. The Kier molecular flexibility index (Phi) is 5.37. The van der Waals surface area contributed by atoms with Crippen molar-refractivity contribution < 1.29 is 4.79 Å². The van der Waals surface area contributed by atoms with Gasteiger partial charge in [0, 0.05) is 23.5 Å². The fourth-order valence-corrected chi connectivity index (χ4v) is 3.25. The molecule has 0 heterocycles. The largest absolute Gasteiger partial charge is 0.334 e. The lowest BCUT2D eigenvalue weighted by Crippen LogP contribution is -2.40. The molecule has 5 heteroatoms. The van der Waals surface area contributed by atoms with Crippen LogP contribution in [0.15, 0.2) is 18.2 Å². The number of halogens is 3. The average Bonchev–Trinajstić information content (AvgIpc) is 2.89. The third-order valence-electron chi connectivity index (χ3n) is 3.51. The van der Waals surface area contributed by atoms with Crippen molar-refractivity contribution in [3.05, 3.63) is 33.8 Å². The first-order chi connectivity index (χ1) is 9.13. The van der Waals surface area contributed by atoms with Gasteiger partial charge in [-0.15, -0.1) is 11.6 Å². The molecule has 0 radical (unpaired) electrons. The molecule has 1 aliphatic rings. The van der Waals surface area contributed by atoms with Gasteiger partial charge < -0.3 is 4.90 Å². The van der Waals surface area contributed by atoms with Gasteiger partial charge in [-0.1, -0.05) is 36.0 Å². The van der Waals surface area contributed by atoms with Gasteiger partial charge in [-0.25, -0.2) is 0 Å². The van der Waals surface area contributed by atoms with E-state index in [1.165, 1.54) is 12.8 Å². The second-order valence-electron chi connectivity index (χ2n) is 4.75. The summed E-state index contributed by atoms with van der Waals surface area (Å²) in [6.45, 7) is 0.560. The number of alkyl halides is 1. The van der Waals surface area contributed by atoms with Crippen LogP contribution in [0, 0.1) is 0 Å². The highest BCUT2D eigenvalue weighted by Gasteiger charge is 2.27. The molecule has 19 heavy (non-hydrogen) atoms. The van der Waals surface area contributed by atoms with Crippen molar-refractivity contribution in [2.75, 3.05) is 12.4 Å². The lowest BCUT2D eigenvalue weighted by molar-refractivity contribution is 0.0695. The monoisotopic (exact) mass is 319 g/mol. The molecule has 0 unspecified atom stereocenters. The van der Waals surface area contributed by atoms with Crippen molar-refractivity contribution in [2.45, 2.75) is 31.7 Å². The van der Waals surface area contributed by atoms with E-state index in [2.05, 4.69) is 0 Å². The van der Waals surface area contributed by atoms with Crippen LogP contribution in [0.5, 0.6) is 0 Å². The van der Waals surface area contributed by atoms with Crippen LogP contribution in [0.1, 0.15) is 36.0 Å². The Morgan fingerprint density at radius 3 is 2.53 bits per heavy atom. The predicted molar refractivity (Wildman–Crippen MR) is 80.5 cm³/mol. The van der Waals surface area contributed by atoms with E-state index in [0.29, 0.717) is 28.0 Å². The van der Waals surface area contributed by atoms with Crippen LogP contribution in [0.3, 0.4) is 0 Å². The van der Waals surface area contributed by atoms with E-state index in [0.717, 1.165) is 12.8 Å². The van der Waals surface area contributed by atoms with Crippen LogP contribution in [-0.4, -0.2) is 29.3 Å². The number of carbonyl (C=O) groups excluding carboxylic acids is 1. The van der Waals surface area contributed by atoms with Crippen LogP contribution in [0.25, 0.3) is 0 Å². The Labute approximate surface area is 128 Å². The molecule has 0 spiro atoms. The molecule has 1 aromatic rings. The van der Waals surface area contributed by atoms with Crippen LogP contribution in [-0.2, 0) is 0 Å². The lowest BCUT2D eigenvalue weighted by Gasteiger charge is -2.28. The minimum absolute atomic E-state index is 0.0470. The molecule has 2 rings (SSSR count). The molecule has 2 nitrogen and oxygen atoms in total. The minimum Gasteiger partial charge on any atom is -0.334 e. The Morgan fingerprint density at radius 2 is 1.95 bits per heavy atom. The van der Waals surface area contributed by atoms with Crippen LogP contribution in [0.2, 0.25) is 10.0 Å². The van der Waals surface area contributed by atoms with Crippen LogP contribution in [0.4, 0.5) is 0 Å². The molecular weight excluding hydrogens is 305 g/mol. The summed E-state index contributed by atoms with van der Waals surface area (Å²) in [6, 6.07) is 5.26. The number of rotatable bonds is 4. The molecular formula is C14H16Cl3NO. The summed E-state index contributed by atoms with van der Waals surface area (Å²) >= 11 is 17.8. The van der Waals surface area contributed by atoms with Crippen molar-refractivity contribution >= 4 is 40.7 Å². The maximum absolute atomic E-state index is 12.6. The topological polar surface area (TPSA) is 20.3 Å². The lowest BCUT2D eigenvalue weighted by atomic mass is 10.1. The molecule has 0 saturated heterocycles. The second-order valence-corrected chi connectivity index (χ2v) is 5.97. The maximum atomic E-state index is 12.6. The molecule has 104 valence electrons. The van der Waals surface area contributed by atoms with Gasteiger partial charge >= 0.3 is 0 Å². The number of carbonyl (C=O) groups is 1. The first kappa shape index (κ1) is 15.0. The van der Waals surface area contributed by atoms with Gasteiger partial charge in [0.15, 0.2) is 0 Å². The number of hydrogen-bond acceptors (Lipinski definition) is 1. The normalized spacial score (nSPS) is 15.7. The van der Waals surface area contributed by atoms with Gasteiger partial charge in [0.25, 0.3) is 5.91 Å². The Hall–Kier alpha value is -0.440. The van der Waals surface area contributed by atoms with Crippen molar-refractivity contribution in [3.63, 3.8) is 0 Å². The molecule has 0 aliphatic heterocycles. The maximum Gasteiger partial charge on any atom is 0.255 e. The highest BCUT2D eigenvalue weighted by molar-refractivity contribution is 6.36. The number of hydrogen-bond donors (Lipinski definition) is 0. The summed E-state index contributed by atoms with van der Waals surface area (Å²) in [5.41, 5.74) is 0.503. The van der Waals surface area contributed by atoms with Gasteiger partial charge in [-0.05, 0) is 31.0 Å². The van der Waals surface area contributed by atoms with Gasteiger partial charge in [0.2, 0.25) is 0 Å². The van der Waals surface area contributed by atoms with E-state index in [9.17, 15) is 4.79 Å². The van der Waals surface area contributed by atoms with Crippen molar-refractivity contribution in [2.24, 2.45) is 0 Å². The molecule has 0 N–H and O–H groups in total. The quantitative estimate of drug-likeness (QED) is 0.741. The summed E-state index contributed by atoms with van der Waals surface area (Å²) in [7, 11) is 0. The standard InChI is InChI=1S/C14H16Cl3NO/c15-7-8-18(11-3-1-2-4-11)14(19)12-6-5-10(16)9-13(12)17/h5-6,9,11H,1-4,7-8H2. The zero-order valence-corrected chi connectivity index (χ0v) is 12.8. The summed E-state index contributed by atoms with van der Waals surface area (Å²) in [4.78, 5) is 14.4. The average molecular weight is 321 g/mol. The SMILES string of the molecule is O=C(c1ccc(Cl)cc1Cl)N(CCCl)C1CCCC1. The zero-order valence-electron chi connectivity index (χ0n) is 10.5. The van der Waals surface area contributed by atoms with Crippen LogP contribution >= 0.6 is 34.8 Å². The van der Waals surface area contributed by atoms with Crippen molar-refractivity contribution in [1.82, 2.24) is 4.90 Å². The van der Waals surface area contributed by atoms with Gasteiger partial charge in [0.05, 0.1) is 10.6 Å². The zero-order chi connectivity index (χ0) is 13.8. The minimum atomic E-state index is -0.0470. The number of benzene rings is 1. The molecule has 1 amide bonds. The molecule has 1 saturated carbocycles. The van der Waals surface area contributed by atoms with Crippen LogP contribution < -0.4 is 0 Å². The summed E-state index contributed by atoms with van der Waals surface area (Å²) in [5.74, 6) is 0.391. The molecule has 0 aromatic heterocycles. The van der Waals surface area contributed by atoms with E-state index in [1.54, 1.807) is 18.2 Å². The molecule has 1 aromatic carbocycles. The first-order valence-electron chi connectivity index (χ1n) is 6.45. The highest BCUT2D eigenvalue weighted by Crippen LogP contribution is 2.28. The van der Waals surface area contributed by atoms with Crippen molar-refractivity contribution in [1.29, 1.82) is 0 Å².